The maximum Gasteiger partial charge on any atom is 0.474 e. The summed E-state index contributed by atoms with van der Waals surface area (Å²) in [4.78, 5) is 15.8. The molecular weight excluding hydrogens is 290 g/mol. The van der Waals surface area contributed by atoms with Crippen LogP contribution in [0, 0.1) is 11.2 Å². The fourth-order valence-electron chi connectivity index (χ4n) is 1.30. The van der Waals surface area contributed by atoms with Crippen molar-refractivity contribution in [2.45, 2.75) is 27.1 Å². The molecule has 0 fully saturated rings. The molecule has 4 nitrogen and oxygen atoms in total. The lowest BCUT2D eigenvalue weighted by atomic mass is 9.90. The van der Waals surface area contributed by atoms with Gasteiger partial charge in [0.25, 0.3) is 0 Å². The molecule has 0 heterocycles. The number of rotatable bonds is 3. The Hall–Kier alpha value is -1.96. The fraction of sp³-hybridized carbons (Fsp3) is 0.385. The number of hydrogen-bond acceptors (Lipinski definition) is 3. The number of nitrogens with zero attached hydrogens (tertiary/aromatic N) is 1. The number of carbonyl (C=O) groups excluding carboxylic acids is 1. The van der Waals surface area contributed by atoms with Crippen LogP contribution < -0.4 is 10.9 Å². The topological polar surface area (TPSA) is 53.5 Å². The molecule has 0 amide bonds. The maximum absolute atomic E-state index is 13.1. The van der Waals surface area contributed by atoms with Gasteiger partial charge in [-0.05, 0) is 18.2 Å². The minimum atomic E-state index is -4.74. The van der Waals surface area contributed by atoms with Crippen molar-refractivity contribution in [1.29, 1.82) is 0 Å². The molecule has 0 saturated heterocycles. The zero-order valence-electron chi connectivity index (χ0n) is 11.7. The summed E-state index contributed by atoms with van der Waals surface area (Å²) < 4.78 is 49.6. The van der Waals surface area contributed by atoms with Gasteiger partial charge in [0.2, 0.25) is 5.78 Å². The Morgan fingerprint density at radius 3 is 2.29 bits per heavy atom. The Morgan fingerprint density at radius 2 is 1.81 bits per heavy atom. The summed E-state index contributed by atoms with van der Waals surface area (Å²) in [5.74, 6) is -1.81. The van der Waals surface area contributed by atoms with Crippen LogP contribution in [0.2, 0.25) is 0 Å². The zero-order valence-corrected chi connectivity index (χ0v) is 11.7. The van der Waals surface area contributed by atoms with Crippen LogP contribution in [0.3, 0.4) is 0 Å². The summed E-state index contributed by atoms with van der Waals surface area (Å²) in [6.45, 7) is 4.60. The lowest BCUT2D eigenvalue weighted by Gasteiger charge is -2.20. The van der Waals surface area contributed by atoms with Crippen LogP contribution in [0.5, 0.6) is 0 Å². The number of amidine groups is 1. The van der Waals surface area contributed by atoms with Crippen molar-refractivity contribution in [3.63, 3.8) is 0 Å². The predicted molar refractivity (Wildman–Crippen MR) is 70.3 cm³/mol. The second-order valence-electron chi connectivity index (χ2n) is 5.27. The van der Waals surface area contributed by atoms with Gasteiger partial charge < -0.3 is 0 Å². The summed E-state index contributed by atoms with van der Waals surface area (Å²) >= 11 is 0. The van der Waals surface area contributed by atoms with Gasteiger partial charge in [-0.25, -0.2) is 9.38 Å². The van der Waals surface area contributed by atoms with Gasteiger partial charge in [-0.1, -0.05) is 26.8 Å². The Labute approximate surface area is 119 Å². The number of aliphatic imine (C=N–C) groups is 1. The van der Waals surface area contributed by atoms with E-state index in [0.717, 1.165) is 17.6 Å². The van der Waals surface area contributed by atoms with E-state index < -0.39 is 29.2 Å². The van der Waals surface area contributed by atoms with Crippen LogP contribution in [0.1, 0.15) is 20.8 Å². The lowest BCUT2D eigenvalue weighted by Crippen LogP contribution is -2.51. The minimum absolute atomic E-state index is 0.0269. The van der Waals surface area contributed by atoms with E-state index in [1.807, 2.05) is 0 Å². The first-order valence-electron chi connectivity index (χ1n) is 5.98. The standard InChI is InChI=1S/C13H15F4N3O/c1-12(2,3)10(21)11(19-20-13(15,16)17)18-9-6-4-5-8(14)7-9/h4-7,20H,1-3H3,(H,18,19). The minimum Gasteiger partial charge on any atom is -0.296 e. The van der Waals surface area contributed by atoms with E-state index in [2.05, 4.69) is 4.99 Å². The van der Waals surface area contributed by atoms with Crippen LogP contribution >= 0.6 is 0 Å². The van der Waals surface area contributed by atoms with E-state index in [9.17, 15) is 22.4 Å². The third-order valence-corrected chi connectivity index (χ3v) is 2.27. The molecule has 0 spiro atoms. The molecule has 0 aliphatic rings. The van der Waals surface area contributed by atoms with Crippen LogP contribution in [0.15, 0.2) is 29.3 Å². The second-order valence-corrected chi connectivity index (χ2v) is 5.27. The number of Topliss-reactive ketones (excluding diaryl/α,β-unsaturated/α-hetero) is 1. The highest BCUT2D eigenvalue weighted by molar-refractivity contribution is 6.40. The van der Waals surface area contributed by atoms with Crippen LogP contribution in [0.4, 0.5) is 23.2 Å². The van der Waals surface area contributed by atoms with Crippen LogP contribution in [0.25, 0.3) is 0 Å². The van der Waals surface area contributed by atoms with Crippen molar-refractivity contribution in [1.82, 2.24) is 10.9 Å². The Kier molecular flexibility index (Phi) is 5.06. The summed E-state index contributed by atoms with van der Waals surface area (Å²) in [7, 11) is 0. The van der Waals surface area contributed by atoms with Crippen molar-refractivity contribution in [2.75, 3.05) is 0 Å². The van der Waals surface area contributed by atoms with Crippen molar-refractivity contribution in [2.24, 2.45) is 10.4 Å². The number of carbonyl (C=O) groups is 1. The lowest BCUT2D eigenvalue weighted by molar-refractivity contribution is -0.162. The molecule has 1 aromatic rings. The number of hydrazine groups is 1. The van der Waals surface area contributed by atoms with E-state index in [1.54, 1.807) is 5.43 Å². The molecular formula is C13H15F4N3O. The number of alkyl halides is 3. The highest BCUT2D eigenvalue weighted by atomic mass is 19.4. The van der Waals surface area contributed by atoms with Crippen LogP contribution in [-0.2, 0) is 4.79 Å². The van der Waals surface area contributed by atoms with E-state index in [4.69, 9.17) is 0 Å². The Bertz CT molecular complexity index is 547. The smallest absolute Gasteiger partial charge is 0.296 e. The van der Waals surface area contributed by atoms with Gasteiger partial charge in [0.1, 0.15) is 5.82 Å². The number of benzene rings is 1. The van der Waals surface area contributed by atoms with Gasteiger partial charge in [-0.2, -0.15) is 13.2 Å². The molecule has 116 valence electrons. The third kappa shape index (κ3) is 5.90. The first kappa shape index (κ1) is 17.1. The number of hydrogen-bond donors (Lipinski definition) is 2. The Balaban J connectivity index is 3.09. The van der Waals surface area contributed by atoms with Crippen molar-refractivity contribution < 1.29 is 22.4 Å². The molecule has 0 bridgehead atoms. The first-order valence-corrected chi connectivity index (χ1v) is 5.98. The van der Waals surface area contributed by atoms with Gasteiger partial charge in [0, 0.05) is 5.41 Å². The Morgan fingerprint density at radius 1 is 1.19 bits per heavy atom. The fourth-order valence-corrected chi connectivity index (χ4v) is 1.30. The van der Waals surface area contributed by atoms with Crippen molar-refractivity contribution in [3.05, 3.63) is 30.1 Å². The number of ketones is 1. The van der Waals surface area contributed by atoms with E-state index in [1.165, 1.54) is 32.9 Å². The molecule has 1 aromatic carbocycles. The molecule has 0 aromatic heterocycles. The SMILES string of the molecule is CC(C)(C)C(=O)C(=Nc1cccc(F)c1)NNC(F)(F)F. The number of nitrogens with one attached hydrogen (secondary N) is 2. The summed E-state index contributed by atoms with van der Waals surface area (Å²) in [6.07, 6.45) is -4.74. The van der Waals surface area contributed by atoms with Gasteiger partial charge in [-0.3, -0.25) is 10.2 Å². The summed E-state index contributed by atoms with van der Waals surface area (Å²) in [5.41, 5.74) is 1.83. The molecule has 21 heavy (non-hydrogen) atoms. The van der Waals surface area contributed by atoms with Crippen molar-refractivity contribution in [3.8, 4) is 0 Å². The average Bonchev–Trinajstić information content (AvgIpc) is 2.31. The van der Waals surface area contributed by atoms with Crippen LogP contribution in [-0.4, -0.2) is 17.9 Å². The molecule has 8 heteroatoms. The molecule has 0 aliphatic heterocycles. The molecule has 0 unspecified atom stereocenters. The second kappa shape index (κ2) is 6.21. The molecule has 2 N–H and O–H groups in total. The van der Waals surface area contributed by atoms with Gasteiger partial charge in [-0.15, -0.1) is 5.43 Å². The van der Waals surface area contributed by atoms with E-state index in [0.29, 0.717) is 0 Å². The van der Waals surface area contributed by atoms with Crippen molar-refractivity contribution >= 4 is 17.3 Å². The third-order valence-electron chi connectivity index (χ3n) is 2.27. The first-order chi connectivity index (χ1) is 9.49. The van der Waals surface area contributed by atoms with Gasteiger partial charge >= 0.3 is 6.30 Å². The molecule has 0 aliphatic carbocycles. The summed E-state index contributed by atoms with van der Waals surface area (Å²) in [6, 6.07) is 4.87. The predicted octanol–water partition coefficient (Wildman–Crippen LogP) is 3.08. The largest absolute Gasteiger partial charge is 0.474 e. The van der Waals surface area contributed by atoms with E-state index in [-0.39, 0.29) is 5.69 Å². The monoisotopic (exact) mass is 305 g/mol. The number of halogens is 4. The highest BCUT2D eigenvalue weighted by Crippen LogP contribution is 2.19. The maximum atomic E-state index is 13.1. The molecule has 0 saturated carbocycles. The molecule has 0 radical (unpaired) electrons. The van der Waals surface area contributed by atoms with Gasteiger partial charge in [0.15, 0.2) is 5.84 Å². The average molecular weight is 305 g/mol. The molecule has 1 rings (SSSR count). The summed E-state index contributed by atoms with van der Waals surface area (Å²) in [5, 5.41) is 0. The molecule has 0 atom stereocenters. The van der Waals surface area contributed by atoms with Gasteiger partial charge in [0.05, 0.1) is 5.69 Å². The quantitative estimate of drug-likeness (QED) is 0.297. The highest BCUT2D eigenvalue weighted by Gasteiger charge is 2.31. The normalized spacial score (nSPS) is 13.2. The zero-order chi connectivity index (χ0) is 16.3. The van der Waals surface area contributed by atoms with E-state index >= 15 is 0 Å².